The van der Waals surface area contributed by atoms with Gasteiger partial charge in [0.05, 0.1) is 0 Å². The standard InChI is InChI=1S/C59H65BN2/c1-15-16-18-22-39(2)41-27-29-51-49(31-41)60-50-32-42(40-23-19-17-20-24-40)28-30-52(50)62(48-37-45(58(9,10)11)34-46(38-48)59(12,13)14)54-26-21-25-53(55(54)60)61(51)47-35-43(56(3,4)5)33-44(36-47)57(6,7)8/h15-38H,1H2,2-14H3/b18-16-,39-22+. The van der Waals surface area contributed by atoms with Crippen molar-refractivity contribution < 1.29 is 0 Å². The first-order valence-electron chi connectivity index (χ1n) is 22.5. The molecule has 0 fully saturated rings. The van der Waals surface area contributed by atoms with Crippen LogP contribution in [0.25, 0.3) is 16.7 Å². The van der Waals surface area contributed by atoms with Crippen molar-refractivity contribution in [3.8, 4) is 11.1 Å². The van der Waals surface area contributed by atoms with Gasteiger partial charge in [0.15, 0.2) is 0 Å². The van der Waals surface area contributed by atoms with Crippen molar-refractivity contribution in [3.63, 3.8) is 0 Å². The maximum Gasteiger partial charge on any atom is 0.252 e. The summed E-state index contributed by atoms with van der Waals surface area (Å²) in [7, 11) is 0. The van der Waals surface area contributed by atoms with Gasteiger partial charge >= 0.3 is 0 Å². The summed E-state index contributed by atoms with van der Waals surface area (Å²) in [6, 6.07) is 46.9. The molecule has 0 aromatic heterocycles. The minimum atomic E-state index is -0.0373. The van der Waals surface area contributed by atoms with Gasteiger partial charge in [-0.05, 0) is 138 Å². The lowest BCUT2D eigenvalue weighted by Gasteiger charge is -2.45. The lowest BCUT2D eigenvalue weighted by molar-refractivity contribution is 0.568. The van der Waals surface area contributed by atoms with E-state index in [9.17, 15) is 0 Å². The number of benzene rings is 6. The fourth-order valence-electron chi connectivity index (χ4n) is 9.14. The van der Waals surface area contributed by atoms with Crippen LogP contribution < -0.4 is 26.2 Å². The van der Waals surface area contributed by atoms with Crippen molar-refractivity contribution in [2.45, 2.75) is 112 Å². The molecular formula is C59H65BN2. The molecule has 0 unspecified atom stereocenters. The third kappa shape index (κ3) is 7.92. The molecule has 0 spiro atoms. The molecule has 0 radical (unpaired) electrons. The van der Waals surface area contributed by atoms with Crippen molar-refractivity contribution in [3.05, 3.63) is 180 Å². The molecule has 0 amide bonds. The van der Waals surface area contributed by atoms with E-state index >= 15 is 0 Å². The number of nitrogens with zero attached hydrogens (tertiary/aromatic N) is 2. The Hall–Kier alpha value is -5.80. The Morgan fingerprint density at radius 2 is 0.935 bits per heavy atom. The maximum atomic E-state index is 3.91. The molecule has 3 heteroatoms. The van der Waals surface area contributed by atoms with E-state index in [1.807, 2.05) is 12.2 Å². The fourth-order valence-corrected chi connectivity index (χ4v) is 9.14. The molecule has 0 saturated carbocycles. The molecule has 2 aliphatic heterocycles. The lowest BCUT2D eigenvalue weighted by Crippen LogP contribution is -2.61. The summed E-state index contributed by atoms with van der Waals surface area (Å²) in [6.45, 7) is 34.1. The van der Waals surface area contributed by atoms with E-state index in [-0.39, 0.29) is 28.4 Å². The Kier molecular flexibility index (Phi) is 10.7. The van der Waals surface area contributed by atoms with Crippen LogP contribution in [0.1, 0.15) is 118 Å². The van der Waals surface area contributed by atoms with Gasteiger partial charge in [-0.3, -0.25) is 0 Å². The molecule has 62 heavy (non-hydrogen) atoms. The van der Waals surface area contributed by atoms with Gasteiger partial charge in [0.25, 0.3) is 6.71 Å². The highest BCUT2D eigenvalue weighted by molar-refractivity contribution is 7.00. The van der Waals surface area contributed by atoms with E-state index < -0.39 is 0 Å². The van der Waals surface area contributed by atoms with E-state index in [1.165, 1.54) is 95.0 Å². The Bertz CT molecular complexity index is 2680. The third-order valence-electron chi connectivity index (χ3n) is 13.0. The number of rotatable bonds is 6. The second-order valence-corrected chi connectivity index (χ2v) is 21.7. The largest absolute Gasteiger partial charge is 0.311 e. The smallest absolute Gasteiger partial charge is 0.252 e. The van der Waals surface area contributed by atoms with Crippen LogP contribution in [-0.2, 0) is 21.7 Å². The van der Waals surface area contributed by atoms with E-state index in [2.05, 4.69) is 240 Å². The minimum absolute atomic E-state index is 0.0143. The number of fused-ring (bicyclic) bond motifs is 4. The molecular weight excluding hydrogens is 747 g/mol. The molecule has 0 N–H and O–H groups in total. The molecule has 2 heterocycles. The molecule has 8 rings (SSSR count). The average Bonchev–Trinajstić information content (AvgIpc) is 3.22. The number of anilines is 6. The number of hydrogen-bond donors (Lipinski definition) is 0. The van der Waals surface area contributed by atoms with Crippen molar-refractivity contribution in [1.29, 1.82) is 0 Å². The van der Waals surface area contributed by atoms with E-state index in [4.69, 9.17) is 0 Å². The molecule has 0 saturated heterocycles. The maximum absolute atomic E-state index is 3.91. The lowest BCUT2D eigenvalue weighted by atomic mass is 9.33. The monoisotopic (exact) mass is 813 g/mol. The number of allylic oxidation sites excluding steroid dienone is 5. The molecule has 6 aromatic carbocycles. The zero-order valence-corrected chi connectivity index (χ0v) is 39.5. The average molecular weight is 813 g/mol. The van der Waals surface area contributed by atoms with Crippen LogP contribution in [0.5, 0.6) is 0 Å². The molecule has 6 aromatic rings. The van der Waals surface area contributed by atoms with Crippen molar-refractivity contribution in [2.24, 2.45) is 0 Å². The highest BCUT2D eigenvalue weighted by Gasteiger charge is 2.44. The Balaban J connectivity index is 1.50. The fraction of sp³-hybridized carbons (Fsp3) is 0.288. The van der Waals surface area contributed by atoms with Crippen LogP contribution in [0.2, 0.25) is 0 Å². The van der Waals surface area contributed by atoms with Gasteiger partial charge in [0.2, 0.25) is 0 Å². The number of hydrogen-bond acceptors (Lipinski definition) is 2. The van der Waals surface area contributed by atoms with Crippen LogP contribution in [0, 0.1) is 0 Å². The summed E-state index contributed by atoms with van der Waals surface area (Å²) in [5, 5.41) is 0. The van der Waals surface area contributed by atoms with Crippen molar-refractivity contribution in [1.82, 2.24) is 0 Å². The second-order valence-electron chi connectivity index (χ2n) is 21.7. The second kappa shape index (κ2) is 15.5. The summed E-state index contributed by atoms with van der Waals surface area (Å²) in [5.41, 5.74) is 21.3. The zero-order valence-electron chi connectivity index (χ0n) is 39.5. The summed E-state index contributed by atoms with van der Waals surface area (Å²) < 4.78 is 0. The summed E-state index contributed by atoms with van der Waals surface area (Å²) in [5.74, 6) is 0. The van der Waals surface area contributed by atoms with Gasteiger partial charge in [-0.15, -0.1) is 0 Å². The van der Waals surface area contributed by atoms with E-state index in [0.717, 1.165) is 0 Å². The molecule has 0 aliphatic carbocycles. The highest BCUT2D eigenvalue weighted by atomic mass is 15.2. The zero-order chi connectivity index (χ0) is 44.5. The minimum Gasteiger partial charge on any atom is -0.311 e. The van der Waals surface area contributed by atoms with Crippen LogP contribution in [0.4, 0.5) is 34.1 Å². The molecule has 2 aliphatic rings. The quantitative estimate of drug-likeness (QED) is 0.122. The van der Waals surface area contributed by atoms with Crippen molar-refractivity contribution >= 4 is 62.8 Å². The summed E-state index contributed by atoms with van der Waals surface area (Å²) in [4.78, 5) is 5.15. The molecule has 0 atom stereocenters. The SMILES string of the molecule is C=C/C=C\C=C(/C)c1ccc2c(c1)B1c3cc(-c4ccccc4)ccc3N(c3cc(C(C)(C)C)cc(C(C)(C)C)c3)c3cccc(c31)N2c1cc(C(C)(C)C)cc(C(C)(C)C)c1. The van der Waals surface area contributed by atoms with Gasteiger partial charge in [0, 0.05) is 34.1 Å². The van der Waals surface area contributed by atoms with Gasteiger partial charge < -0.3 is 9.80 Å². The van der Waals surface area contributed by atoms with Gasteiger partial charge in [-0.1, -0.05) is 187 Å². The van der Waals surface area contributed by atoms with Gasteiger partial charge in [0.1, 0.15) is 0 Å². The van der Waals surface area contributed by atoms with E-state index in [1.54, 1.807) is 0 Å². The van der Waals surface area contributed by atoms with Gasteiger partial charge in [-0.25, -0.2) is 0 Å². The topological polar surface area (TPSA) is 6.48 Å². The normalized spacial score (nSPS) is 14.2. The van der Waals surface area contributed by atoms with Crippen LogP contribution in [0.3, 0.4) is 0 Å². The first-order chi connectivity index (χ1) is 29.1. The molecule has 0 bridgehead atoms. The Morgan fingerprint density at radius 1 is 0.468 bits per heavy atom. The first kappa shape index (κ1) is 42.9. The van der Waals surface area contributed by atoms with Crippen LogP contribution >= 0.6 is 0 Å². The van der Waals surface area contributed by atoms with Gasteiger partial charge in [-0.2, -0.15) is 0 Å². The summed E-state index contributed by atoms with van der Waals surface area (Å²) >= 11 is 0. The highest BCUT2D eigenvalue weighted by Crippen LogP contribution is 2.47. The van der Waals surface area contributed by atoms with Crippen LogP contribution in [0.15, 0.2) is 152 Å². The predicted molar refractivity (Wildman–Crippen MR) is 274 cm³/mol. The van der Waals surface area contributed by atoms with E-state index in [0.29, 0.717) is 0 Å². The summed E-state index contributed by atoms with van der Waals surface area (Å²) in [6.07, 6.45) is 8.12. The predicted octanol–water partition coefficient (Wildman–Crippen LogP) is 14.8. The molecule has 314 valence electrons. The Morgan fingerprint density at radius 3 is 1.40 bits per heavy atom. The third-order valence-corrected chi connectivity index (χ3v) is 13.0. The van der Waals surface area contributed by atoms with Crippen LogP contribution in [-0.4, -0.2) is 6.71 Å². The first-order valence-corrected chi connectivity index (χ1v) is 22.5. The van der Waals surface area contributed by atoms with Crippen molar-refractivity contribution in [2.75, 3.05) is 9.80 Å². The Labute approximate surface area is 373 Å². The molecule has 2 nitrogen and oxygen atoms in total.